The van der Waals surface area contributed by atoms with Crippen molar-refractivity contribution in [2.24, 2.45) is 5.41 Å². The average Bonchev–Trinajstić information content (AvgIpc) is 3.21. The van der Waals surface area contributed by atoms with Gasteiger partial charge in [-0.2, -0.15) is 5.10 Å². The number of hydrogen-bond acceptors (Lipinski definition) is 6. The van der Waals surface area contributed by atoms with Crippen LogP contribution >= 0.6 is 0 Å². The molecule has 2 N–H and O–H groups in total. The largest absolute Gasteiger partial charge is 0.382 e. The molecule has 1 fully saturated rings. The third kappa shape index (κ3) is 2.68. The second-order valence-electron chi connectivity index (χ2n) is 9.60. The molecule has 2 aliphatic carbocycles. The Bertz CT molecular complexity index is 1420. The third-order valence-electron chi connectivity index (χ3n) is 7.74. The number of pyridine rings is 1. The van der Waals surface area contributed by atoms with Gasteiger partial charge in [0.05, 0.1) is 33.8 Å². The molecule has 0 amide bonds. The molecule has 4 aromatic rings. The second-order valence-corrected chi connectivity index (χ2v) is 9.60. The van der Waals surface area contributed by atoms with Crippen molar-refractivity contribution < 1.29 is 8.78 Å². The van der Waals surface area contributed by atoms with Crippen LogP contribution in [0.1, 0.15) is 49.6 Å². The van der Waals surface area contributed by atoms with Gasteiger partial charge in [-0.05, 0) is 72.2 Å². The first-order chi connectivity index (χ1) is 16.3. The SMILES string of the molecule is CC1(C)[C@H]2CC[C@@]1(c1cccc(-c3ccc(N)nn3)n1)c1nnc(-c3c(F)cccc3F)cc12. The van der Waals surface area contributed by atoms with Crippen molar-refractivity contribution in [1.82, 2.24) is 25.4 Å². The minimum absolute atomic E-state index is 0.144. The molecule has 170 valence electrons. The van der Waals surface area contributed by atoms with Crippen LogP contribution in [0.25, 0.3) is 22.6 Å². The molecule has 2 aliphatic rings. The fraction of sp³-hybridized carbons (Fsp3) is 0.269. The lowest BCUT2D eigenvalue weighted by molar-refractivity contribution is 0.243. The highest BCUT2D eigenvalue weighted by atomic mass is 19.1. The molecule has 0 unspecified atom stereocenters. The summed E-state index contributed by atoms with van der Waals surface area (Å²) in [4.78, 5) is 5.00. The number of nitrogen functional groups attached to an aromatic ring is 1. The molecule has 2 bridgehead atoms. The lowest BCUT2D eigenvalue weighted by Crippen LogP contribution is -2.37. The molecule has 6 nitrogen and oxygen atoms in total. The van der Waals surface area contributed by atoms with Crippen molar-refractivity contribution >= 4 is 5.82 Å². The molecular weight excluding hydrogens is 434 g/mol. The Morgan fingerprint density at radius 2 is 1.59 bits per heavy atom. The predicted octanol–water partition coefficient (Wildman–Crippen LogP) is 5.06. The zero-order chi connectivity index (χ0) is 23.7. The van der Waals surface area contributed by atoms with Gasteiger partial charge in [0.15, 0.2) is 0 Å². The minimum Gasteiger partial charge on any atom is -0.382 e. The fourth-order valence-corrected chi connectivity index (χ4v) is 6.05. The summed E-state index contributed by atoms with van der Waals surface area (Å²) in [7, 11) is 0. The van der Waals surface area contributed by atoms with E-state index in [4.69, 9.17) is 10.7 Å². The van der Waals surface area contributed by atoms with Crippen LogP contribution in [0.2, 0.25) is 0 Å². The minimum atomic E-state index is -0.648. The zero-order valence-electron chi connectivity index (χ0n) is 18.8. The summed E-state index contributed by atoms with van der Waals surface area (Å²) in [6.07, 6.45) is 1.79. The van der Waals surface area contributed by atoms with Crippen molar-refractivity contribution in [2.45, 2.75) is 38.0 Å². The van der Waals surface area contributed by atoms with Gasteiger partial charge in [0.1, 0.15) is 23.1 Å². The van der Waals surface area contributed by atoms with E-state index in [0.717, 1.165) is 29.8 Å². The molecular formula is C26H22F2N6. The molecule has 1 aromatic carbocycles. The number of hydrogen-bond donors (Lipinski definition) is 1. The van der Waals surface area contributed by atoms with E-state index in [1.165, 1.54) is 18.2 Å². The number of benzene rings is 1. The Hall–Kier alpha value is -3.81. The van der Waals surface area contributed by atoms with Gasteiger partial charge in [-0.15, -0.1) is 15.3 Å². The van der Waals surface area contributed by atoms with E-state index < -0.39 is 17.0 Å². The molecule has 6 rings (SSSR count). The van der Waals surface area contributed by atoms with Crippen LogP contribution in [-0.2, 0) is 5.41 Å². The monoisotopic (exact) mass is 456 g/mol. The summed E-state index contributed by atoms with van der Waals surface area (Å²) < 4.78 is 28.9. The number of fused-ring (bicyclic) bond motifs is 5. The summed E-state index contributed by atoms with van der Waals surface area (Å²) in [6.45, 7) is 4.43. The van der Waals surface area contributed by atoms with Crippen molar-refractivity contribution in [3.8, 4) is 22.6 Å². The lowest BCUT2D eigenvalue weighted by atomic mass is 9.66. The van der Waals surface area contributed by atoms with Crippen LogP contribution in [0, 0.1) is 17.0 Å². The average molecular weight is 457 g/mol. The van der Waals surface area contributed by atoms with Gasteiger partial charge >= 0.3 is 0 Å². The van der Waals surface area contributed by atoms with Crippen molar-refractivity contribution in [1.29, 1.82) is 0 Å². The van der Waals surface area contributed by atoms with Crippen molar-refractivity contribution in [3.63, 3.8) is 0 Å². The molecule has 0 radical (unpaired) electrons. The quantitative estimate of drug-likeness (QED) is 0.463. The Morgan fingerprint density at radius 1 is 0.853 bits per heavy atom. The first-order valence-corrected chi connectivity index (χ1v) is 11.2. The van der Waals surface area contributed by atoms with Crippen molar-refractivity contribution in [3.05, 3.63) is 83.2 Å². The normalized spacial score (nSPS) is 22.1. The number of halogens is 2. The number of aromatic nitrogens is 5. The van der Waals surface area contributed by atoms with Gasteiger partial charge in [0.2, 0.25) is 0 Å². The van der Waals surface area contributed by atoms with Gasteiger partial charge < -0.3 is 5.73 Å². The van der Waals surface area contributed by atoms with Gasteiger partial charge in [0.25, 0.3) is 0 Å². The second kappa shape index (κ2) is 7.09. The summed E-state index contributed by atoms with van der Waals surface area (Å²) in [5, 5.41) is 17.0. The summed E-state index contributed by atoms with van der Waals surface area (Å²) in [6, 6.07) is 15.0. The van der Waals surface area contributed by atoms with Crippen LogP contribution in [0.15, 0.2) is 54.6 Å². The number of nitrogens with zero attached hydrogens (tertiary/aromatic N) is 5. The number of anilines is 1. The molecule has 34 heavy (non-hydrogen) atoms. The Balaban J connectivity index is 1.51. The van der Waals surface area contributed by atoms with E-state index in [1.807, 2.05) is 24.3 Å². The standard InChI is InChI=1S/C26H22F2N6/c1-25(2)15-11-12-26(25,21-8-4-7-18(30-21)19-9-10-22(29)33-31-19)24-14(15)13-20(32-34-24)23-16(27)5-3-6-17(23)28/h3-10,13,15H,11-12H2,1-2H3,(H2,29,33)/t15-,26+/m0/s1. The topological polar surface area (TPSA) is 90.5 Å². The smallest absolute Gasteiger partial charge is 0.146 e. The molecule has 1 saturated carbocycles. The van der Waals surface area contributed by atoms with Gasteiger partial charge in [-0.3, -0.25) is 4.98 Å². The van der Waals surface area contributed by atoms with E-state index in [9.17, 15) is 8.78 Å². The number of rotatable bonds is 3. The Kier molecular flexibility index (Phi) is 4.33. The van der Waals surface area contributed by atoms with Gasteiger partial charge in [-0.25, -0.2) is 8.78 Å². The Morgan fingerprint density at radius 3 is 2.32 bits per heavy atom. The highest BCUT2D eigenvalue weighted by molar-refractivity contribution is 5.64. The van der Waals surface area contributed by atoms with E-state index in [1.54, 1.807) is 12.1 Å². The summed E-state index contributed by atoms with van der Waals surface area (Å²) in [5.41, 5.74) is 9.12. The van der Waals surface area contributed by atoms with E-state index in [2.05, 4.69) is 34.2 Å². The molecule has 0 aliphatic heterocycles. The third-order valence-corrected chi connectivity index (χ3v) is 7.74. The molecule has 0 spiro atoms. The van der Waals surface area contributed by atoms with Crippen LogP contribution in [0.4, 0.5) is 14.6 Å². The Labute approximate surface area is 195 Å². The van der Waals surface area contributed by atoms with Crippen molar-refractivity contribution in [2.75, 3.05) is 5.73 Å². The van der Waals surface area contributed by atoms with E-state index >= 15 is 0 Å². The molecule has 3 aromatic heterocycles. The highest BCUT2D eigenvalue weighted by Crippen LogP contribution is 2.69. The maximum Gasteiger partial charge on any atom is 0.146 e. The zero-order valence-corrected chi connectivity index (χ0v) is 18.8. The summed E-state index contributed by atoms with van der Waals surface area (Å²) in [5.74, 6) is -0.774. The first-order valence-electron chi connectivity index (χ1n) is 11.2. The molecule has 8 heteroatoms. The van der Waals surface area contributed by atoms with Crippen LogP contribution in [0.3, 0.4) is 0 Å². The first kappa shape index (κ1) is 20.8. The molecule has 3 heterocycles. The maximum atomic E-state index is 14.5. The summed E-state index contributed by atoms with van der Waals surface area (Å²) >= 11 is 0. The van der Waals surface area contributed by atoms with Crippen LogP contribution in [0.5, 0.6) is 0 Å². The van der Waals surface area contributed by atoms with Crippen LogP contribution in [-0.4, -0.2) is 25.4 Å². The van der Waals surface area contributed by atoms with Gasteiger partial charge in [0, 0.05) is 0 Å². The van der Waals surface area contributed by atoms with Crippen LogP contribution < -0.4 is 5.73 Å². The fourth-order valence-electron chi connectivity index (χ4n) is 6.05. The molecule has 2 atom stereocenters. The highest BCUT2D eigenvalue weighted by Gasteiger charge is 2.65. The van der Waals surface area contributed by atoms with E-state index in [0.29, 0.717) is 17.2 Å². The molecule has 0 saturated heterocycles. The van der Waals surface area contributed by atoms with Gasteiger partial charge in [-0.1, -0.05) is 26.0 Å². The van der Waals surface area contributed by atoms with E-state index in [-0.39, 0.29) is 22.6 Å². The number of nitrogens with two attached hydrogens (primary N) is 1. The predicted molar refractivity (Wildman–Crippen MR) is 124 cm³/mol. The maximum absolute atomic E-state index is 14.5. The lowest BCUT2D eigenvalue weighted by Gasteiger charge is -2.37.